The fraction of sp³-hybridized carbons (Fsp3) is 0.448. The third kappa shape index (κ3) is 12.0. The van der Waals surface area contributed by atoms with Crippen LogP contribution in [0.5, 0.6) is 0 Å². The molecule has 3 rings (SSSR count). The van der Waals surface area contributed by atoms with Crippen LogP contribution in [0.3, 0.4) is 0 Å². The number of nitrogens with zero attached hydrogens (tertiary/aromatic N) is 1. The number of hydrogen-bond donors (Lipinski definition) is 2. The summed E-state index contributed by atoms with van der Waals surface area (Å²) < 4.78 is 15.4. The molecule has 2 aromatic rings. The lowest BCUT2D eigenvalue weighted by Crippen LogP contribution is -2.43. The van der Waals surface area contributed by atoms with Crippen molar-refractivity contribution in [3.05, 3.63) is 71.8 Å². The predicted molar refractivity (Wildman–Crippen MR) is 143 cm³/mol. The van der Waals surface area contributed by atoms with Crippen molar-refractivity contribution in [1.82, 2.24) is 4.90 Å². The van der Waals surface area contributed by atoms with Gasteiger partial charge in [-0.05, 0) is 51.2 Å². The summed E-state index contributed by atoms with van der Waals surface area (Å²) in [5.74, 6) is -1.86. The monoisotopic (exact) mass is 542 g/mol. The molecule has 212 valence electrons. The van der Waals surface area contributed by atoms with Gasteiger partial charge in [-0.3, -0.25) is 14.5 Å². The molecule has 2 atom stereocenters. The Morgan fingerprint density at radius 3 is 2.00 bits per heavy atom. The zero-order valence-electron chi connectivity index (χ0n) is 22.7. The van der Waals surface area contributed by atoms with Crippen LogP contribution in [-0.4, -0.2) is 58.2 Å². The number of benzene rings is 2. The molecule has 1 amide bonds. The summed E-state index contributed by atoms with van der Waals surface area (Å²) in [7, 11) is 0. The van der Waals surface area contributed by atoms with Gasteiger partial charge in [-0.25, -0.2) is 9.59 Å². The number of carboxylic acid groups (broad SMARTS) is 1. The first-order chi connectivity index (χ1) is 18.5. The van der Waals surface area contributed by atoms with Gasteiger partial charge in [0.2, 0.25) is 0 Å². The molecular weight excluding hydrogens is 504 g/mol. The van der Waals surface area contributed by atoms with Crippen LogP contribution in [0.25, 0.3) is 0 Å². The van der Waals surface area contributed by atoms with Gasteiger partial charge in [-0.1, -0.05) is 60.7 Å². The topological polar surface area (TPSA) is 145 Å². The number of likely N-dealkylation sites (tertiary alicyclic amines) is 1. The first-order valence-electron chi connectivity index (χ1n) is 12.8. The van der Waals surface area contributed by atoms with E-state index in [1.54, 1.807) is 20.8 Å². The highest BCUT2D eigenvalue weighted by Crippen LogP contribution is 2.20. The molecule has 1 saturated heterocycles. The summed E-state index contributed by atoms with van der Waals surface area (Å²) in [4.78, 5) is 47.2. The number of carbonyl (C=O) groups excluding carboxylic acids is 3. The first kappa shape index (κ1) is 31.3. The van der Waals surface area contributed by atoms with Gasteiger partial charge in [0.05, 0.1) is 0 Å². The number of nitrogens with two attached hydrogens (primary N) is 1. The van der Waals surface area contributed by atoms with E-state index in [0.29, 0.717) is 13.0 Å². The van der Waals surface area contributed by atoms with Crippen LogP contribution in [0, 0.1) is 0 Å². The van der Waals surface area contributed by atoms with Crippen LogP contribution in [-0.2, 0) is 41.8 Å². The van der Waals surface area contributed by atoms with Crippen LogP contribution in [0.4, 0.5) is 4.79 Å². The molecule has 10 nitrogen and oxygen atoms in total. The molecule has 1 heterocycles. The Balaban J connectivity index is 0.000000306. The number of ether oxygens (including phenoxy) is 3. The van der Waals surface area contributed by atoms with Gasteiger partial charge < -0.3 is 25.1 Å². The van der Waals surface area contributed by atoms with Gasteiger partial charge in [0.15, 0.2) is 0 Å². The Bertz CT molecular complexity index is 1070. The van der Waals surface area contributed by atoms with Crippen LogP contribution in [0.1, 0.15) is 57.6 Å². The Labute approximate surface area is 229 Å². The third-order valence-electron chi connectivity index (χ3n) is 5.59. The molecule has 1 aliphatic heterocycles. The molecule has 10 heteroatoms. The maximum atomic E-state index is 11.8. The minimum atomic E-state index is -0.960. The fourth-order valence-electron chi connectivity index (χ4n) is 3.60. The minimum Gasteiger partial charge on any atom is -0.480 e. The molecule has 0 bridgehead atoms. The number of esters is 2. The van der Waals surface area contributed by atoms with E-state index in [4.69, 9.17) is 25.1 Å². The average molecular weight is 543 g/mol. The minimum absolute atomic E-state index is 0.0778. The highest BCUT2D eigenvalue weighted by molar-refractivity contribution is 5.80. The molecule has 1 aliphatic rings. The largest absolute Gasteiger partial charge is 0.480 e. The molecular formula is C29H38N2O8. The van der Waals surface area contributed by atoms with E-state index in [2.05, 4.69) is 0 Å². The highest BCUT2D eigenvalue weighted by Gasteiger charge is 2.36. The van der Waals surface area contributed by atoms with E-state index in [9.17, 15) is 19.2 Å². The summed E-state index contributed by atoms with van der Waals surface area (Å²) in [5.41, 5.74) is 6.98. The molecule has 3 N–H and O–H groups in total. The molecule has 0 radical (unpaired) electrons. The zero-order chi connectivity index (χ0) is 28.8. The lowest BCUT2D eigenvalue weighted by atomic mass is 10.1. The van der Waals surface area contributed by atoms with E-state index in [0.717, 1.165) is 17.5 Å². The van der Waals surface area contributed by atoms with Gasteiger partial charge in [0.25, 0.3) is 0 Å². The van der Waals surface area contributed by atoms with Crippen molar-refractivity contribution in [3.8, 4) is 0 Å². The highest BCUT2D eigenvalue weighted by atomic mass is 16.6. The number of amides is 1. The summed E-state index contributed by atoms with van der Waals surface area (Å²) >= 11 is 0. The smallest absolute Gasteiger partial charge is 0.411 e. The number of carbonyl (C=O) groups is 4. The lowest BCUT2D eigenvalue weighted by molar-refractivity contribution is -0.148. The molecule has 1 fully saturated rings. The van der Waals surface area contributed by atoms with Gasteiger partial charge in [0.1, 0.15) is 30.9 Å². The van der Waals surface area contributed by atoms with Crippen LogP contribution < -0.4 is 5.73 Å². The van der Waals surface area contributed by atoms with Crippen LogP contribution >= 0.6 is 0 Å². The van der Waals surface area contributed by atoms with E-state index in [-0.39, 0.29) is 32.0 Å². The Kier molecular flexibility index (Phi) is 12.4. The zero-order valence-corrected chi connectivity index (χ0v) is 22.7. The van der Waals surface area contributed by atoms with Crippen molar-refractivity contribution >= 4 is 24.0 Å². The van der Waals surface area contributed by atoms with Crippen molar-refractivity contribution in [1.29, 1.82) is 0 Å². The van der Waals surface area contributed by atoms with Crippen molar-refractivity contribution in [2.24, 2.45) is 5.73 Å². The van der Waals surface area contributed by atoms with Gasteiger partial charge in [-0.15, -0.1) is 0 Å². The fourth-order valence-corrected chi connectivity index (χ4v) is 3.60. The quantitative estimate of drug-likeness (QED) is 0.354. The van der Waals surface area contributed by atoms with E-state index < -0.39 is 35.7 Å². The van der Waals surface area contributed by atoms with Crippen LogP contribution in [0.15, 0.2) is 60.7 Å². The number of aliphatic carboxylic acids is 1. The number of rotatable bonds is 9. The Morgan fingerprint density at radius 2 is 1.49 bits per heavy atom. The second-order valence-corrected chi connectivity index (χ2v) is 10.1. The molecule has 0 spiro atoms. The number of carboxylic acids is 1. The van der Waals surface area contributed by atoms with E-state index >= 15 is 0 Å². The van der Waals surface area contributed by atoms with E-state index in [1.807, 2.05) is 60.7 Å². The first-order valence-corrected chi connectivity index (χ1v) is 12.8. The molecule has 0 aliphatic carbocycles. The molecule has 0 unspecified atom stereocenters. The SMILES string of the molecule is CC(C)(C)OC(=O)N1CCC[C@H]1C(=O)O.N[C@@H](CCC(=O)OCc1ccccc1)C(=O)OCc1ccccc1. The predicted octanol–water partition coefficient (Wildman–Crippen LogP) is 4.05. The summed E-state index contributed by atoms with van der Waals surface area (Å²) in [6.45, 7) is 6.13. The standard InChI is InChI=1S/C19H21NO4.C10H17NO4/c20-17(19(22)24-14-16-9-5-2-6-10-16)11-12-18(21)23-13-15-7-3-1-4-8-15;1-10(2,3)15-9(14)11-6-4-5-7(11)8(12)13/h1-10,17H,11-14,20H2;7H,4-6H2,1-3H3,(H,12,13)/t17-;7-/m00/s1. The normalized spacial score (nSPS) is 15.4. The van der Waals surface area contributed by atoms with E-state index in [1.165, 1.54) is 4.90 Å². The van der Waals surface area contributed by atoms with Gasteiger partial charge in [0, 0.05) is 13.0 Å². The lowest BCUT2D eigenvalue weighted by Gasteiger charge is -2.26. The molecule has 39 heavy (non-hydrogen) atoms. The van der Waals surface area contributed by atoms with Crippen molar-refractivity contribution < 1.29 is 38.5 Å². The summed E-state index contributed by atoms with van der Waals surface area (Å²) in [5, 5.41) is 8.88. The van der Waals surface area contributed by atoms with Crippen molar-refractivity contribution in [3.63, 3.8) is 0 Å². The van der Waals surface area contributed by atoms with Crippen LogP contribution in [0.2, 0.25) is 0 Å². The molecule has 0 saturated carbocycles. The molecule has 2 aromatic carbocycles. The maximum absolute atomic E-state index is 11.8. The summed E-state index contributed by atoms with van der Waals surface area (Å²) in [6.07, 6.45) is 0.966. The second kappa shape index (κ2) is 15.5. The van der Waals surface area contributed by atoms with Gasteiger partial charge >= 0.3 is 24.0 Å². The third-order valence-corrected chi connectivity index (χ3v) is 5.59. The second-order valence-electron chi connectivity index (χ2n) is 10.1. The Hall–Kier alpha value is -3.92. The number of hydrogen-bond acceptors (Lipinski definition) is 8. The van der Waals surface area contributed by atoms with Gasteiger partial charge in [-0.2, -0.15) is 0 Å². The van der Waals surface area contributed by atoms with Crippen molar-refractivity contribution in [2.45, 2.75) is 77.4 Å². The molecule has 0 aromatic heterocycles. The van der Waals surface area contributed by atoms with Crippen molar-refractivity contribution in [2.75, 3.05) is 6.54 Å². The average Bonchev–Trinajstić information content (AvgIpc) is 3.41. The maximum Gasteiger partial charge on any atom is 0.411 e. The Morgan fingerprint density at radius 1 is 0.949 bits per heavy atom. The summed E-state index contributed by atoms with van der Waals surface area (Å²) in [6, 6.07) is 17.2.